The van der Waals surface area contributed by atoms with Gasteiger partial charge >= 0.3 is 0 Å². The number of aliphatic hydroxyl groups excluding tert-OH is 2. The Kier molecular flexibility index (Phi) is 3.46. The van der Waals surface area contributed by atoms with Gasteiger partial charge in [0.2, 0.25) is 0 Å². The van der Waals surface area contributed by atoms with E-state index in [9.17, 15) is 10.2 Å². The largest absolute Gasteiger partial charge is 0.392 e. The molecule has 0 saturated heterocycles. The molecule has 2 aliphatic rings. The molecule has 17 heavy (non-hydrogen) atoms. The normalized spacial score (nSPS) is 35.9. The molecule has 0 heterocycles. The molecule has 0 radical (unpaired) electrons. The Morgan fingerprint density at radius 3 is 2.29 bits per heavy atom. The highest BCUT2D eigenvalue weighted by molar-refractivity contribution is 5.35. The Balaban J connectivity index is 2.33. The predicted octanol–water partition coefficient (Wildman–Crippen LogP) is 2.53. The summed E-state index contributed by atoms with van der Waals surface area (Å²) in [5.41, 5.74) is 2.27. The van der Waals surface area contributed by atoms with E-state index in [0.29, 0.717) is 23.2 Å². The maximum absolute atomic E-state index is 9.43. The molecule has 3 atom stereocenters. The minimum atomic E-state index is 0.0412. The van der Waals surface area contributed by atoms with Crippen LogP contribution in [0.3, 0.4) is 0 Å². The van der Waals surface area contributed by atoms with Gasteiger partial charge in [0.25, 0.3) is 0 Å². The molecule has 1 fully saturated rings. The molecule has 0 bridgehead atoms. The minimum absolute atomic E-state index is 0.0412. The fourth-order valence-corrected chi connectivity index (χ4v) is 3.64. The first-order chi connectivity index (χ1) is 7.96. The maximum atomic E-state index is 9.43. The molecule has 2 N–H and O–H groups in total. The van der Waals surface area contributed by atoms with Crippen LogP contribution in [0.2, 0.25) is 0 Å². The molecule has 1 saturated carbocycles. The number of allylic oxidation sites excluding steroid dienone is 2. The van der Waals surface area contributed by atoms with Crippen LogP contribution in [0.1, 0.15) is 33.6 Å². The van der Waals surface area contributed by atoms with Gasteiger partial charge in [-0.3, -0.25) is 0 Å². The van der Waals surface area contributed by atoms with E-state index in [4.69, 9.17) is 0 Å². The van der Waals surface area contributed by atoms with Gasteiger partial charge in [0.05, 0.1) is 13.2 Å². The molecule has 2 aliphatic carbocycles. The van der Waals surface area contributed by atoms with Crippen LogP contribution >= 0.6 is 0 Å². The lowest BCUT2D eigenvalue weighted by Gasteiger charge is -2.20. The molecule has 0 aromatic heterocycles. The highest BCUT2D eigenvalue weighted by atomic mass is 16.3. The van der Waals surface area contributed by atoms with E-state index in [-0.39, 0.29) is 13.2 Å². The highest BCUT2D eigenvalue weighted by Gasteiger charge is 2.41. The minimum Gasteiger partial charge on any atom is -0.392 e. The van der Waals surface area contributed by atoms with Gasteiger partial charge < -0.3 is 10.2 Å². The van der Waals surface area contributed by atoms with Gasteiger partial charge in [-0.25, -0.2) is 0 Å². The molecule has 2 heteroatoms. The van der Waals surface area contributed by atoms with Crippen LogP contribution in [0, 0.1) is 23.2 Å². The lowest BCUT2D eigenvalue weighted by molar-refractivity contribution is 0.308. The summed E-state index contributed by atoms with van der Waals surface area (Å²) < 4.78 is 0. The highest BCUT2D eigenvalue weighted by Crippen LogP contribution is 2.50. The van der Waals surface area contributed by atoms with E-state index >= 15 is 0 Å². The van der Waals surface area contributed by atoms with E-state index in [1.54, 1.807) is 0 Å². The van der Waals surface area contributed by atoms with E-state index in [1.165, 1.54) is 12.8 Å². The fraction of sp³-hybridized carbons (Fsp3) is 0.733. The lowest BCUT2D eigenvalue weighted by atomic mass is 9.84. The number of hydrogen-bond acceptors (Lipinski definition) is 2. The van der Waals surface area contributed by atoms with Crippen molar-refractivity contribution in [3.63, 3.8) is 0 Å². The third-order valence-corrected chi connectivity index (χ3v) is 4.43. The number of rotatable bonds is 2. The maximum Gasteiger partial charge on any atom is 0.0682 e. The number of aliphatic hydroxyl groups is 2. The molecule has 2 rings (SSSR count). The molecular weight excluding hydrogens is 212 g/mol. The molecule has 2 nitrogen and oxygen atoms in total. The summed E-state index contributed by atoms with van der Waals surface area (Å²) in [6, 6.07) is 0. The van der Waals surface area contributed by atoms with Crippen LogP contribution in [0.25, 0.3) is 0 Å². The van der Waals surface area contributed by atoms with E-state index in [2.05, 4.69) is 32.9 Å². The van der Waals surface area contributed by atoms with Crippen LogP contribution in [0.15, 0.2) is 23.3 Å². The molecular formula is C15H24O2. The van der Waals surface area contributed by atoms with Gasteiger partial charge in [0, 0.05) is 0 Å². The van der Waals surface area contributed by atoms with E-state index in [1.807, 2.05) is 0 Å². The lowest BCUT2D eigenvalue weighted by Crippen LogP contribution is -2.13. The quantitative estimate of drug-likeness (QED) is 0.773. The van der Waals surface area contributed by atoms with Crippen LogP contribution in [-0.2, 0) is 0 Å². The van der Waals surface area contributed by atoms with Crippen LogP contribution in [-0.4, -0.2) is 23.4 Å². The van der Waals surface area contributed by atoms with Crippen LogP contribution in [0.5, 0.6) is 0 Å². The number of hydrogen-bond donors (Lipinski definition) is 2. The molecule has 0 unspecified atom stereocenters. The fourth-order valence-electron chi connectivity index (χ4n) is 3.64. The smallest absolute Gasteiger partial charge is 0.0682 e. The van der Waals surface area contributed by atoms with Crippen molar-refractivity contribution in [3.05, 3.63) is 23.3 Å². The summed E-state index contributed by atoms with van der Waals surface area (Å²) in [6.45, 7) is 6.99. The molecule has 96 valence electrons. The van der Waals surface area contributed by atoms with Gasteiger partial charge in [-0.1, -0.05) is 32.9 Å². The second-order valence-corrected chi connectivity index (χ2v) is 6.46. The second kappa shape index (κ2) is 4.58. The average molecular weight is 236 g/mol. The van der Waals surface area contributed by atoms with Gasteiger partial charge in [0.1, 0.15) is 0 Å². The van der Waals surface area contributed by atoms with Crippen LogP contribution < -0.4 is 0 Å². The second-order valence-electron chi connectivity index (χ2n) is 6.46. The van der Waals surface area contributed by atoms with Gasteiger partial charge in [-0.15, -0.1) is 0 Å². The molecule has 0 aromatic carbocycles. The molecule has 0 amide bonds. The van der Waals surface area contributed by atoms with E-state index in [0.717, 1.165) is 11.1 Å². The Labute approximate surface area is 104 Å². The Morgan fingerprint density at radius 1 is 1.12 bits per heavy atom. The third kappa shape index (κ3) is 2.48. The van der Waals surface area contributed by atoms with Crippen molar-refractivity contribution in [1.82, 2.24) is 0 Å². The van der Waals surface area contributed by atoms with E-state index < -0.39 is 0 Å². The SMILES string of the molecule is C[C@H]1C=C(CO)C(CO)=C[C@@H]2CC(C)(C)C[C@H]21. The number of fused-ring (bicyclic) bond motifs is 1. The van der Waals surface area contributed by atoms with Crippen molar-refractivity contribution >= 4 is 0 Å². The predicted molar refractivity (Wildman–Crippen MR) is 69.5 cm³/mol. The first kappa shape index (κ1) is 12.8. The third-order valence-electron chi connectivity index (χ3n) is 4.43. The Hall–Kier alpha value is -0.600. The summed E-state index contributed by atoms with van der Waals surface area (Å²) in [7, 11) is 0. The molecule has 0 aliphatic heterocycles. The van der Waals surface area contributed by atoms with Crippen molar-refractivity contribution in [3.8, 4) is 0 Å². The van der Waals surface area contributed by atoms with Gasteiger partial charge in [-0.05, 0) is 47.2 Å². The van der Waals surface area contributed by atoms with Crippen molar-refractivity contribution in [2.45, 2.75) is 33.6 Å². The van der Waals surface area contributed by atoms with Crippen molar-refractivity contribution < 1.29 is 10.2 Å². The summed E-state index contributed by atoms with van der Waals surface area (Å²) in [5.74, 6) is 1.71. The summed E-state index contributed by atoms with van der Waals surface area (Å²) in [4.78, 5) is 0. The van der Waals surface area contributed by atoms with Crippen molar-refractivity contribution in [2.24, 2.45) is 23.2 Å². The summed E-state index contributed by atoms with van der Waals surface area (Å²) in [5, 5.41) is 18.8. The standard InChI is InChI=1S/C15H24O2/c1-10-4-12(8-16)13(9-17)5-11-6-15(2,3)7-14(10)11/h4-5,10-11,14,16-17H,6-9H2,1-3H3/t10-,11+,14-/m0/s1. The average Bonchev–Trinajstić information content (AvgIpc) is 2.52. The first-order valence-corrected chi connectivity index (χ1v) is 6.60. The molecule has 0 spiro atoms. The zero-order valence-corrected chi connectivity index (χ0v) is 11.1. The summed E-state index contributed by atoms with van der Waals surface area (Å²) >= 11 is 0. The molecule has 0 aromatic rings. The topological polar surface area (TPSA) is 40.5 Å². The Morgan fingerprint density at radius 2 is 1.71 bits per heavy atom. The summed E-state index contributed by atoms with van der Waals surface area (Å²) in [6.07, 6.45) is 6.81. The van der Waals surface area contributed by atoms with Gasteiger partial charge in [-0.2, -0.15) is 0 Å². The monoisotopic (exact) mass is 236 g/mol. The zero-order chi connectivity index (χ0) is 12.6. The van der Waals surface area contributed by atoms with Crippen molar-refractivity contribution in [2.75, 3.05) is 13.2 Å². The Bertz CT molecular complexity index is 352. The van der Waals surface area contributed by atoms with Crippen LogP contribution in [0.4, 0.5) is 0 Å². The van der Waals surface area contributed by atoms with Gasteiger partial charge in [0.15, 0.2) is 0 Å². The zero-order valence-electron chi connectivity index (χ0n) is 11.1. The first-order valence-electron chi connectivity index (χ1n) is 6.60. The van der Waals surface area contributed by atoms with Crippen molar-refractivity contribution in [1.29, 1.82) is 0 Å².